The van der Waals surface area contributed by atoms with E-state index in [4.69, 9.17) is 4.74 Å². The Hall–Kier alpha value is -0.610. The Morgan fingerprint density at radius 1 is 1.56 bits per heavy atom. The first-order chi connectivity index (χ1) is 7.56. The van der Waals surface area contributed by atoms with E-state index in [2.05, 4.69) is 24.5 Å². The van der Waals surface area contributed by atoms with Crippen LogP contribution in [0.1, 0.15) is 33.6 Å². The molecular formula is C12H24N2O2. The summed E-state index contributed by atoms with van der Waals surface area (Å²) in [5.41, 5.74) is 0.261. The molecule has 1 rings (SSSR count). The van der Waals surface area contributed by atoms with E-state index >= 15 is 0 Å². The van der Waals surface area contributed by atoms with Gasteiger partial charge in [-0.05, 0) is 31.7 Å². The van der Waals surface area contributed by atoms with Gasteiger partial charge in [0.05, 0.1) is 0 Å². The van der Waals surface area contributed by atoms with Crippen molar-refractivity contribution in [2.24, 2.45) is 5.41 Å². The second-order valence-corrected chi connectivity index (χ2v) is 5.04. The Kier molecular flexibility index (Phi) is 5.22. The normalized spacial score (nSPS) is 24.1. The van der Waals surface area contributed by atoms with Crippen LogP contribution in [0.25, 0.3) is 0 Å². The van der Waals surface area contributed by atoms with Crippen molar-refractivity contribution in [3.8, 4) is 0 Å². The number of carbonyl (C=O) groups excluding carboxylic acids is 1. The molecule has 0 aromatic rings. The van der Waals surface area contributed by atoms with Crippen LogP contribution in [0, 0.1) is 5.41 Å². The summed E-state index contributed by atoms with van der Waals surface area (Å²) < 4.78 is 5.05. The van der Waals surface area contributed by atoms with Crippen molar-refractivity contribution < 1.29 is 9.53 Å². The van der Waals surface area contributed by atoms with Crippen molar-refractivity contribution in [2.45, 2.75) is 39.7 Å². The lowest BCUT2D eigenvalue weighted by Gasteiger charge is -2.39. The first-order valence-corrected chi connectivity index (χ1v) is 6.14. The molecule has 0 aromatic heterocycles. The molecular weight excluding hydrogens is 204 g/mol. The van der Waals surface area contributed by atoms with Gasteiger partial charge in [-0.15, -0.1) is 0 Å². The molecule has 1 unspecified atom stereocenters. The van der Waals surface area contributed by atoms with Crippen LogP contribution in [0.4, 0.5) is 0 Å². The van der Waals surface area contributed by atoms with Gasteiger partial charge in [0.25, 0.3) is 0 Å². The van der Waals surface area contributed by atoms with Gasteiger partial charge in [-0.25, -0.2) is 0 Å². The van der Waals surface area contributed by atoms with E-state index in [-0.39, 0.29) is 17.9 Å². The summed E-state index contributed by atoms with van der Waals surface area (Å²) >= 11 is 0. The molecule has 1 heterocycles. The van der Waals surface area contributed by atoms with Crippen molar-refractivity contribution in [2.75, 3.05) is 26.3 Å². The molecule has 0 saturated carbocycles. The summed E-state index contributed by atoms with van der Waals surface area (Å²) in [7, 11) is 0. The predicted octanol–water partition coefficient (Wildman–Crippen LogP) is 0.917. The smallest absolute Gasteiger partial charge is 0.246 e. The summed E-state index contributed by atoms with van der Waals surface area (Å²) in [5.74, 6) is -0.0231. The molecule has 1 amide bonds. The Bertz CT molecular complexity index is 229. The van der Waals surface area contributed by atoms with Crippen molar-refractivity contribution in [1.29, 1.82) is 0 Å². The fourth-order valence-electron chi connectivity index (χ4n) is 2.08. The highest BCUT2D eigenvalue weighted by atomic mass is 16.5. The Morgan fingerprint density at radius 3 is 2.94 bits per heavy atom. The second-order valence-electron chi connectivity index (χ2n) is 5.04. The third-order valence-electron chi connectivity index (χ3n) is 3.27. The molecule has 1 aliphatic heterocycles. The number of ether oxygens (including phenoxy) is 1. The minimum Gasteiger partial charge on any atom is -0.372 e. The molecule has 0 spiro atoms. The van der Waals surface area contributed by atoms with E-state index in [0.29, 0.717) is 19.2 Å². The van der Waals surface area contributed by atoms with Crippen molar-refractivity contribution in [1.82, 2.24) is 10.6 Å². The molecule has 4 nitrogen and oxygen atoms in total. The minimum absolute atomic E-state index is 0.0231. The number of rotatable bonds is 5. The van der Waals surface area contributed by atoms with Crippen LogP contribution < -0.4 is 10.6 Å². The van der Waals surface area contributed by atoms with E-state index in [0.717, 1.165) is 6.54 Å². The molecule has 1 fully saturated rings. The Labute approximate surface area is 98.1 Å². The standard InChI is InChI=1S/C12H24N2O2/c1-4-16-9-11(15)14-8-10-12(2,3)6-5-7-13-10/h10,13H,4-9H2,1-3H3,(H,14,15). The highest BCUT2D eigenvalue weighted by Gasteiger charge is 2.31. The average molecular weight is 228 g/mol. The van der Waals surface area contributed by atoms with Gasteiger partial charge in [-0.1, -0.05) is 13.8 Å². The van der Waals surface area contributed by atoms with Gasteiger partial charge >= 0.3 is 0 Å². The van der Waals surface area contributed by atoms with Crippen molar-refractivity contribution in [3.05, 3.63) is 0 Å². The van der Waals surface area contributed by atoms with E-state index in [1.807, 2.05) is 6.92 Å². The van der Waals surface area contributed by atoms with Crippen LogP contribution in [0.15, 0.2) is 0 Å². The Morgan fingerprint density at radius 2 is 2.31 bits per heavy atom. The van der Waals surface area contributed by atoms with Crippen molar-refractivity contribution >= 4 is 5.91 Å². The van der Waals surface area contributed by atoms with Gasteiger partial charge in [0.1, 0.15) is 6.61 Å². The van der Waals surface area contributed by atoms with Crippen LogP contribution in [0.3, 0.4) is 0 Å². The number of carbonyl (C=O) groups is 1. The maximum absolute atomic E-state index is 11.4. The average Bonchev–Trinajstić information content (AvgIpc) is 2.24. The van der Waals surface area contributed by atoms with Gasteiger partial charge in [-0.2, -0.15) is 0 Å². The zero-order chi connectivity index (χ0) is 12.0. The van der Waals surface area contributed by atoms with Gasteiger partial charge in [0.2, 0.25) is 5.91 Å². The van der Waals surface area contributed by atoms with Gasteiger partial charge in [0.15, 0.2) is 0 Å². The van der Waals surface area contributed by atoms with Crippen LogP contribution in [-0.2, 0) is 9.53 Å². The summed E-state index contributed by atoms with van der Waals surface area (Å²) in [6.45, 7) is 8.88. The maximum Gasteiger partial charge on any atom is 0.246 e. The summed E-state index contributed by atoms with van der Waals surface area (Å²) in [5, 5.41) is 6.38. The number of nitrogens with one attached hydrogen (secondary N) is 2. The van der Waals surface area contributed by atoms with Crippen LogP contribution in [-0.4, -0.2) is 38.3 Å². The fourth-order valence-corrected chi connectivity index (χ4v) is 2.08. The minimum atomic E-state index is -0.0231. The number of piperidine rings is 1. The molecule has 4 heteroatoms. The monoisotopic (exact) mass is 228 g/mol. The molecule has 1 atom stereocenters. The highest BCUT2D eigenvalue weighted by Crippen LogP contribution is 2.29. The van der Waals surface area contributed by atoms with Crippen molar-refractivity contribution in [3.63, 3.8) is 0 Å². The van der Waals surface area contributed by atoms with Crippen LogP contribution >= 0.6 is 0 Å². The molecule has 16 heavy (non-hydrogen) atoms. The maximum atomic E-state index is 11.4. The highest BCUT2D eigenvalue weighted by molar-refractivity contribution is 5.77. The molecule has 0 radical (unpaired) electrons. The van der Waals surface area contributed by atoms with Crippen LogP contribution in [0.2, 0.25) is 0 Å². The Balaban J connectivity index is 2.27. The molecule has 2 N–H and O–H groups in total. The third kappa shape index (κ3) is 4.10. The molecule has 0 bridgehead atoms. The zero-order valence-corrected chi connectivity index (χ0v) is 10.6. The third-order valence-corrected chi connectivity index (χ3v) is 3.27. The SMILES string of the molecule is CCOCC(=O)NCC1NCCCC1(C)C. The van der Waals surface area contributed by atoms with E-state index < -0.39 is 0 Å². The molecule has 1 saturated heterocycles. The van der Waals surface area contributed by atoms with Crippen LogP contribution in [0.5, 0.6) is 0 Å². The quantitative estimate of drug-likeness (QED) is 0.735. The lowest BCUT2D eigenvalue weighted by Crippen LogP contribution is -2.53. The summed E-state index contributed by atoms with van der Waals surface area (Å²) in [6, 6.07) is 0.367. The molecule has 94 valence electrons. The zero-order valence-electron chi connectivity index (χ0n) is 10.6. The summed E-state index contributed by atoms with van der Waals surface area (Å²) in [6.07, 6.45) is 2.43. The number of amides is 1. The topological polar surface area (TPSA) is 50.4 Å². The van der Waals surface area contributed by atoms with Gasteiger partial charge < -0.3 is 15.4 Å². The van der Waals surface area contributed by atoms with E-state index in [1.54, 1.807) is 0 Å². The lowest BCUT2D eigenvalue weighted by atomic mass is 9.77. The molecule has 0 aromatic carbocycles. The molecule has 0 aliphatic carbocycles. The van der Waals surface area contributed by atoms with Gasteiger partial charge in [0, 0.05) is 19.2 Å². The number of hydrogen-bond donors (Lipinski definition) is 2. The summed E-state index contributed by atoms with van der Waals surface area (Å²) in [4.78, 5) is 11.4. The molecule has 1 aliphatic rings. The predicted molar refractivity (Wildman–Crippen MR) is 64.3 cm³/mol. The lowest BCUT2D eigenvalue weighted by molar-refractivity contribution is -0.125. The number of hydrogen-bond acceptors (Lipinski definition) is 3. The van der Waals surface area contributed by atoms with E-state index in [9.17, 15) is 4.79 Å². The fraction of sp³-hybridized carbons (Fsp3) is 0.917. The first kappa shape index (κ1) is 13.5. The van der Waals surface area contributed by atoms with Gasteiger partial charge in [-0.3, -0.25) is 4.79 Å². The van der Waals surface area contributed by atoms with E-state index in [1.165, 1.54) is 12.8 Å². The second kappa shape index (κ2) is 6.21. The first-order valence-electron chi connectivity index (χ1n) is 6.14. The largest absolute Gasteiger partial charge is 0.372 e.